The van der Waals surface area contributed by atoms with Crippen molar-refractivity contribution in [2.75, 3.05) is 12.9 Å². The molecule has 0 spiro atoms. The number of ether oxygens (including phenoxy) is 2. The lowest BCUT2D eigenvalue weighted by atomic mass is 9.77. The molecule has 14 heteroatoms. The highest BCUT2D eigenvalue weighted by Crippen LogP contribution is 2.39. The average molecular weight is 753 g/mol. The van der Waals surface area contributed by atoms with E-state index in [0.29, 0.717) is 23.1 Å². The molecule has 2 aliphatic rings. The van der Waals surface area contributed by atoms with Gasteiger partial charge in [-0.05, 0) is 71.3 Å². The molecule has 1 atom stereocenters. The number of hydrogen-bond donors (Lipinski definition) is 2. The number of imide groups is 1. The minimum Gasteiger partial charge on any atom is -0.490 e. The lowest BCUT2D eigenvalue weighted by Crippen LogP contribution is -2.52. The summed E-state index contributed by atoms with van der Waals surface area (Å²) in [5, 5.41) is 16.1. The number of nitriles is 1. The molecule has 53 heavy (non-hydrogen) atoms. The minimum absolute atomic E-state index is 0.00233. The summed E-state index contributed by atoms with van der Waals surface area (Å²) >= 11 is 8.14. The van der Waals surface area contributed by atoms with Crippen LogP contribution in [-0.2, 0) is 39.5 Å². The predicted molar refractivity (Wildman–Crippen MR) is 197 cm³/mol. The van der Waals surface area contributed by atoms with E-state index < -0.39 is 17.4 Å². The summed E-state index contributed by atoms with van der Waals surface area (Å²) in [5.74, 6) is -0.421. The van der Waals surface area contributed by atoms with Crippen molar-refractivity contribution in [3.05, 3.63) is 111 Å². The third-order valence-corrected chi connectivity index (χ3v) is 10.2. The highest BCUT2D eigenvalue weighted by molar-refractivity contribution is 7.98. The fourth-order valence-electron chi connectivity index (χ4n) is 6.30. The molecule has 3 heterocycles. The van der Waals surface area contributed by atoms with Crippen molar-refractivity contribution >= 4 is 47.0 Å². The van der Waals surface area contributed by atoms with Crippen molar-refractivity contribution in [2.45, 2.75) is 69.4 Å². The molecule has 1 fully saturated rings. The van der Waals surface area contributed by atoms with Crippen molar-refractivity contribution in [1.29, 1.82) is 5.26 Å². The van der Waals surface area contributed by atoms with Gasteiger partial charge in [-0.3, -0.25) is 24.5 Å². The van der Waals surface area contributed by atoms with Crippen LogP contribution in [-0.4, -0.2) is 57.4 Å². The van der Waals surface area contributed by atoms with Crippen molar-refractivity contribution in [3.8, 4) is 17.6 Å². The van der Waals surface area contributed by atoms with Gasteiger partial charge in [0.1, 0.15) is 24.5 Å². The first kappa shape index (κ1) is 37.3. The number of benzene rings is 3. The maximum atomic E-state index is 13.0. The number of nitrogens with zero attached hydrogens (tertiary/aromatic N) is 4. The minimum atomic E-state index is -0.692. The molecule has 1 aromatic heterocycles. The Morgan fingerprint density at radius 3 is 2.62 bits per heavy atom. The van der Waals surface area contributed by atoms with E-state index in [1.165, 1.54) is 16.7 Å². The molecule has 0 saturated carbocycles. The number of halogens is 1. The number of fused-ring (bicyclic) bond motifs is 1. The molecule has 1 saturated heterocycles. The van der Waals surface area contributed by atoms with E-state index in [1.54, 1.807) is 30.5 Å². The number of nitrogens with one attached hydrogen (secondary N) is 2. The maximum Gasteiger partial charge on any atom is 0.255 e. The summed E-state index contributed by atoms with van der Waals surface area (Å²) < 4.78 is 11.8. The third kappa shape index (κ3) is 8.45. The Morgan fingerprint density at radius 2 is 1.89 bits per heavy atom. The number of aromatic nitrogens is 2. The summed E-state index contributed by atoms with van der Waals surface area (Å²) in [4.78, 5) is 59.7. The second kappa shape index (κ2) is 16.1. The van der Waals surface area contributed by atoms with Crippen molar-refractivity contribution < 1.29 is 28.7 Å². The molecule has 12 nitrogen and oxygen atoms in total. The smallest absolute Gasteiger partial charge is 0.255 e. The molecule has 2 N–H and O–H groups in total. The highest BCUT2D eigenvalue weighted by atomic mass is 35.5. The van der Waals surface area contributed by atoms with Gasteiger partial charge in [0.25, 0.3) is 5.91 Å². The van der Waals surface area contributed by atoms with Crippen LogP contribution in [0.4, 0.5) is 0 Å². The van der Waals surface area contributed by atoms with E-state index in [0.717, 1.165) is 27.9 Å². The number of carbonyl (C=O) groups is 4. The van der Waals surface area contributed by atoms with Gasteiger partial charge < -0.3 is 19.7 Å². The monoisotopic (exact) mass is 752 g/mol. The van der Waals surface area contributed by atoms with Crippen molar-refractivity contribution in [1.82, 2.24) is 25.5 Å². The second-order valence-corrected chi connectivity index (χ2v) is 14.4. The Bertz CT molecular complexity index is 2120. The lowest BCUT2D eigenvalue weighted by molar-refractivity contribution is -0.137. The average Bonchev–Trinajstić information content (AvgIpc) is 3.48. The molecule has 272 valence electrons. The number of thioether (sulfide) groups is 1. The van der Waals surface area contributed by atoms with Crippen LogP contribution in [0.5, 0.6) is 11.5 Å². The van der Waals surface area contributed by atoms with E-state index in [4.69, 9.17) is 21.1 Å². The summed E-state index contributed by atoms with van der Waals surface area (Å²) in [6.45, 7) is 4.87. The number of hydrogen-bond acceptors (Lipinski definition) is 10. The molecular formula is C39H37ClN6O6S. The molecule has 0 aliphatic carbocycles. The van der Waals surface area contributed by atoms with Crippen LogP contribution in [0.15, 0.2) is 72.0 Å². The Hall–Kier alpha value is -5.45. The molecule has 0 radical (unpaired) electrons. The summed E-state index contributed by atoms with van der Waals surface area (Å²) in [5.41, 5.74) is 4.38. The third-order valence-electron chi connectivity index (χ3n) is 9.38. The molecule has 1 unspecified atom stereocenters. The first-order valence-corrected chi connectivity index (χ1v) is 18.6. The molecule has 0 bridgehead atoms. The topological polar surface area (TPSA) is 164 Å². The van der Waals surface area contributed by atoms with Crippen LogP contribution in [0.1, 0.15) is 77.0 Å². The lowest BCUT2D eigenvalue weighted by Gasteiger charge is -2.29. The van der Waals surface area contributed by atoms with Crippen LogP contribution < -0.4 is 20.1 Å². The fraction of sp³-hybridized carbons (Fsp3) is 0.308. The molecule has 2 aliphatic heterocycles. The first-order valence-electron chi connectivity index (χ1n) is 17.0. The maximum absolute atomic E-state index is 13.0. The van der Waals surface area contributed by atoms with E-state index in [1.807, 2.05) is 56.5 Å². The first-order chi connectivity index (χ1) is 25.5. The Morgan fingerprint density at radius 1 is 1.09 bits per heavy atom. The van der Waals surface area contributed by atoms with Gasteiger partial charge in [0.15, 0.2) is 10.9 Å². The van der Waals surface area contributed by atoms with Gasteiger partial charge in [0.05, 0.1) is 29.3 Å². The van der Waals surface area contributed by atoms with Crippen LogP contribution in [0, 0.1) is 11.3 Å². The predicted octanol–water partition coefficient (Wildman–Crippen LogP) is 5.47. The Labute approximate surface area is 316 Å². The molecule has 4 amide bonds. The van der Waals surface area contributed by atoms with Crippen LogP contribution in [0.2, 0.25) is 5.02 Å². The van der Waals surface area contributed by atoms with Crippen molar-refractivity contribution in [2.24, 2.45) is 0 Å². The second-order valence-electron chi connectivity index (χ2n) is 13.2. The van der Waals surface area contributed by atoms with Gasteiger partial charge >= 0.3 is 0 Å². The number of rotatable bonds is 13. The number of carbonyl (C=O) groups excluding carboxylic acids is 4. The highest BCUT2D eigenvalue weighted by Gasteiger charge is 2.39. The number of amides is 4. The van der Waals surface area contributed by atoms with E-state index >= 15 is 0 Å². The Balaban J connectivity index is 1.01. The Kier molecular flexibility index (Phi) is 11.3. The quantitative estimate of drug-likeness (QED) is 0.102. The zero-order valence-corrected chi connectivity index (χ0v) is 31.0. The normalized spacial score (nSPS) is 15.4. The van der Waals surface area contributed by atoms with Crippen LogP contribution >= 0.6 is 23.4 Å². The summed E-state index contributed by atoms with van der Waals surface area (Å²) in [6.07, 6.45) is 4.12. The SMILES string of the molecule is CSc1nccc(COc2ccc(C(C)(C)c3cc(Cl)c(OCCC(=O)NCc4ccc5c(c4)CN(C4CCC(=O)NC4=O)C5=O)c(C#N)c3)cc2)n1. The van der Waals surface area contributed by atoms with Gasteiger partial charge in [-0.1, -0.05) is 61.5 Å². The number of piperidine rings is 1. The van der Waals surface area contributed by atoms with Crippen LogP contribution in [0.25, 0.3) is 0 Å². The van der Waals surface area contributed by atoms with Crippen LogP contribution in [0.3, 0.4) is 0 Å². The van der Waals surface area contributed by atoms with Gasteiger partial charge in [0, 0.05) is 36.7 Å². The standard InChI is InChI=1S/C39H37ClN6O6S/c1-39(2,26-5-7-29(8-6-26)52-22-28-12-14-42-38(44-28)53-3)27-17-24(19-41)35(31(40)18-27)51-15-13-33(47)43-20-23-4-9-30-25(16-23)21-46(37(30)50)32-10-11-34(48)45-36(32)49/h4-9,12,14,16-18,32H,10-11,13,15,20-22H2,1-3H3,(H,43,47)(H,45,48,49). The van der Waals surface area contributed by atoms with Gasteiger partial charge in [0.2, 0.25) is 17.7 Å². The summed E-state index contributed by atoms with van der Waals surface area (Å²) in [6, 6.07) is 19.9. The molecule has 4 aromatic rings. The zero-order chi connectivity index (χ0) is 37.7. The van der Waals surface area contributed by atoms with Gasteiger partial charge in [-0.25, -0.2) is 9.97 Å². The van der Waals surface area contributed by atoms with Gasteiger partial charge in [-0.2, -0.15) is 5.26 Å². The van der Waals surface area contributed by atoms with Crippen molar-refractivity contribution in [3.63, 3.8) is 0 Å². The van der Waals surface area contributed by atoms with E-state index in [2.05, 4.69) is 26.7 Å². The zero-order valence-electron chi connectivity index (χ0n) is 29.4. The summed E-state index contributed by atoms with van der Waals surface area (Å²) in [7, 11) is 0. The van der Waals surface area contributed by atoms with E-state index in [-0.39, 0.29) is 73.0 Å². The van der Waals surface area contributed by atoms with Gasteiger partial charge in [-0.15, -0.1) is 0 Å². The van der Waals surface area contributed by atoms with E-state index in [9.17, 15) is 24.4 Å². The largest absolute Gasteiger partial charge is 0.490 e. The molecular weight excluding hydrogens is 716 g/mol. The molecule has 6 rings (SSSR count). The molecule has 3 aromatic carbocycles. The fourth-order valence-corrected chi connectivity index (χ4v) is 6.95.